The third-order valence-corrected chi connectivity index (χ3v) is 3.05. The number of hydrogen-bond acceptors (Lipinski definition) is 6. The van der Waals surface area contributed by atoms with Crippen molar-refractivity contribution in [2.75, 3.05) is 7.11 Å². The Morgan fingerprint density at radius 2 is 2.44 bits per heavy atom. The summed E-state index contributed by atoms with van der Waals surface area (Å²) in [6.07, 6.45) is 3.03. The Labute approximate surface area is 94.4 Å². The predicted molar refractivity (Wildman–Crippen MR) is 58.7 cm³/mol. The topological polar surface area (TPSA) is 68.6 Å². The average molecular weight is 234 g/mol. The number of carbonyl (C=O) groups is 1. The molecule has 2 heterocycles. The lowest BCUT2D eigenvalue weighted by atomic mass is 10.2. The van der Waals surface area contributed by atoms with Gasteiger partial charge in [-0.15, -0.1) is 11.3 Å². The Hall–Kier alpha value is -2.04. The molecule has 0 aliphatic heterocycles. The van der Waals surface area contributed by atoms with E-state index >= 15 is 0 Å². The van der Waals surface area contributed by atoms with Crippen molar-refractivity contribution < 1.29 is 14.3 Å². The molecule has 0 aliphatic carbocycles. The van der Waals surface area contributed by atoms with Gasteiger partial charge in [0, 0.05) is 11.6 Å². The van der Waals surface area contributed by atoms with Crippen LogP contribution >= 0.6 is 11.3 Å². The van der Waals surface area contributed by atoms with E-state index in [0.717, 1.165) is 11.3 Å². The van der Waals surface area contributed by atoms with Crippen molar-refractivity contribution in [3.05, 3.63) is 23.2 Å². The summed E-state index contributed by atoms with van der Waals surface area (Å²) in [5.74, 6) is -0.531. The van der Waals surface area contributed by atoms with Gasteiger partial charge in [0.05, 0.1) is 7.11 Å². The Morgan fingerprint density at radius 3 is 3.12 bits per heavy atom. The second-order valence-electron chi connectivity index (χ2n) is 2.83. The molecule has 0 fully saturated rings. The van der Waals surface area contributed by atoms with Gasteiger partial charge in [0.25, 0.3) is 0 Å². The van der Waals surface area contributed by atoms with Crippen LogP contribution in [0.25, 0.3) is 10.2 Å². The van der Waals surface area contributed by atoms with E-state index in [1.807, 2.05) is 0 Å². The Morgan fingerprint density at radius 1 is 1.62 bits per heavy atom. The molecule has 0 aromatic carbocycles. The first-order chi connectivity index (χ1) is 7.77. The van der Waals surface area contributed by atoms with E-state index < -0.39 is 5.97 Å². The molecular weight excluding hydrogens is 228 g/mol. The van der Waals surface area contributed by atoms with Crippen LogP contribution < -0.4 is 0 Å². The molecule has 0 aliphatic rings. The molecule has 2 aromatic heterocycles. The summed E-state index contributed by atoms with van der Waals surface area (Å²) in [7, 11) is 1.27. The molecule has 0 bridgehead atoms. The SMILES string of the molecule is COC(=O)c1sc2ncccc2c1N=C=O. The minimum atomic E-state index is -0.531. The number of methoxy groups -OCH3 is 1. The van der Waals surface area contributed by atoms with Crippen molar-refractivity contribution in [1.29, 1.82) is 0 Å². The minimum absolute atomic E-state index is 0.263. The largest absolute Gasteiger partial charge is 0.465 e. The number of aliphatic imine (C=N–C) groups is 1. The fourth-order valence-corrected chi connectivity index (χ4v) is 2.31. The highest BCUT2D eigenvalue weighted by Gasteiger charge is 2.19. The van der Waals surface area contributed by atoms with Crippen LogP contribution in [0.15, 0.2) is 23.3 Å². The van der Waals surface area contributed by atoms with Crippen LogP contribution in [0.3, 0.4) is 0 Å². The van der Waals surface area contributed by atoms with E-state index in [2.05, 4.69) is 14.7 Å². The molecule has 0 saturated carbocycles. The van der Waals surface area contributed by atoms with E-state index in [4.69, 9.17) is 0 Å². The monoisotopic (exact) mass is 234 g/mol. The van der Waals surface area contributed by atoms with Crippen LogP contribution in [-0.4, -0.2) is 24.1 Å². The average Bonchev–Trinajstić information content (AvgIpc) is 2.68. The number of rotatable bonds is 2. The maximum atomic E-state index is 11.4. The Kier molecular flexibility index (Phi) is 2.76. The minimum Gasteiger partial charge on any atom is -0.465 e. The summed E-state index contributed by atoms with van der Waals surface area (Å²) in [6, 6.07) is 3.45. The number of nitrogens with zero attached hydrogens (tertiary/aromatic N) is 2. The van der Waals surface area contributed by atoms with Crippen LogP contribution in [0.5, 0.6) is 0 Å². The van der Waals surface area contributed by atoms with Crippen LogP contribution in [0, 0.1) is 0 Å². The van der Waals surface area contributed by atoms with Gasteiger partial charge in [0.1, 0.15) is 15.4 Å². The van der Waals surface area contributed by atoms with E-state index in [1.165, 1.54) is 13.2 Å². The van der Waals surface area contributed by atoms with Gasteiger partial charge in [-0.3, -0.25) is 0 Å². The molecule has 0 unspecified atom stereocenters. The van der Waals surface area contributed by atoms with E-state index in [-0.39, 0.29) is 10.6 Å². The smallest absolute Gasteiger partial charge is 0.350 e. The highest BCUT2D eigenvalue weighted by atomic mass is 32.1. The molecule has 0 N–H and O–H groups in total. The molecule has 2 rings (SSSR count). The maximum Gasteiger partial charge on any atom is 0.350 e. The van der Waals surface area contributed by atoms with Crippen molar-refractivity contribution in [1.82, 2.24) is 4.98 Å². The number of fused-ring (bicyclic) bond motifs is 1. The predicted octanol–water partition coefficient (Wildman–Crippen LogP) is 2.05. The fourth-order valence-electron chi connectivity index (χ4n) is 1.31. The summed E-state index contributed by atoms with van der Waals surface area (Å²) in [5.41, 5.74) is 0.273. The summed E-state index contributed by atoms with van der Waals surface area (Å²) in [4.78, 5) is 30.3. The lowest BCUT2D eigenvalue weighted by Crippen LogP contribution is -1.97. The van der Waals surface area contributed by atoms with Gasteiger partial charge < -0.3 is 4.74 Å². The van der Waals surface area contributed by atoms with Crippen LogP contribution in [0.4, 0.5) is 5.69 Å². The zero-order valence-corrected chi connectivity index (χ0v) is 9.08. The second-order valence-corrected chi connectivity index (χ2v) is 3.83. The standard InChI is InChI=1S/C10H6N2O3S/c1-15-10(14)8-7(12-5-13)6-3-2-4-11-9(6)16-8/h2-4H,1H3. The molecular formula is C10H6N2O3S. The molecule has 0 atom stereocenters. The number of esters is 1. The molecule has 80 valence electrons. The van der Waals surface area contributed by atoms with E-state index in [0.29, 0.717) is 10.2 Å². The highest BCUT2D eigenvalue weighted by Crippen LogP contribution is 2.36. The van der Waals surface area contributed by atoms with Crippen LogP contribution in [0.2, 0.25) is 0 Å². The number of carbonyl (C=O) groups excluding carboxylic acids is 2. The Bertz CT molecular complexity index is 599. The number of hydrogen-bond donors (Lipinski definition) is 0. The zero-order valence-electron chi connectivity index (χ0n) is 8.26. The maximum absolute atomic E-state index is 11.4. The summed E-state index contributed by atoms with van der Waals surface area (Å²) in [5, 5.41) is 0.649. The fraction of sp³-hybridized carbons (Fsp3) is 0.100. The zero-order chi connectivity index (χ0) is 11.5. The van der Waals surface area contributed by atoms with Crippen molar-refractivity contribution in [2.24, 2.45) is 4.99 Å². The lowest BCUT2D eigenvalue weighted by molar-refractivity contribution is 0.0607. The van der Waals surface area contributed by atoms with Gasteiger partial charge in [0.2, 0.25) is 6.08 Å². The lowest BCUT2D eigenvalue weighted by Gasteiger charge is -1.94. The first kappa shape index (κ1) is 10.5. The van der Waals surface area contributed by atoms with Crippen molar-refractivity contribution in [3.63, 3.8) is 0 Å². The molecule has 16 heavy (non-hydrogen) atoms. The third-order valence-electron chi connectivity index (χ3n) is 1.97. The summed E-state index contributed by atoms with van der Waals surface area (Å²) >= 11 is 1.14. The van der Waals surface area contributed by atoms with Gasteiger partial charge in [-0.05, 0) is 12.1 Å². The van der Waals surface area contributed by atoms with Gasteiger partial charge in [-0.2, -0.15) is 4.99 Å². The van der Waals surface area contributed by atoms with Crippen LogP contribution in [-0.2, 0) is 9.53 Å². The quantitative estimate of drug-likeness (QED) is 0.453. The molecule has 0 spiro atoms. The highest BCUT2D eigenvalue weighted by molar-refractivity contribution is 7.21. The van der Waals surface area contributed by atoms with Crippen molar-refractivity contribution >= 4 is 39.3 Å². The molecule has 6 heteroatoms. The normalized spacial score (nSPS) is 9.81. The summed E-state index contributed by atoms with van der Waals surface area (Å²) < 4.78 is 4.61. The first-order valence-electron chi connectivity index (χ1n) is 4.31. The van der Waals surface area contributed by atoms with Crippen molar-refractivity contribution in [3.8, 4) is 0 Å². The van der Waals surface area contributed by atoms with Crippen molar-refractivity contribution in [2.45, 2.75) is 0 Å². The second kappa shape index (κ2) is 4.22. The van der Waals surface area contributed by atoms with Gasteiger partial charge in [-0.25, -0.2) is 14.6 Å². The molecule has 0 radical (unpaired) electrons. The summed E-state index contributed by atoms with van der Waals surface area (Å²) in [6.45, 7) is 0. The van der Waals surface area contributed by atoms with Gasteiger partial charge in [-0.1, -0.05) is 0 Å². The van der Waals surface area contributed by atoms with Gasteiger partial charge >= 0.3 is 5.97 Å². The van der Waals surface area contributed by atoms with E-state index in [1.54, 1.807) is 18.3 Å². The molecule has 0 saturated heterocycles. The molecule has 0 amide bonds. The van der Waals surface area contributed by atoms with Gasteiger partial charge in [0.15, 0.2) is 0 Å². The first-order valence-corrected chi connectivity index (χ1v) is 5.13. The van der Waals surface area contributed by atoms with E-state index in [9.17, 15) is 9.59 Å². The molecule has 5 nitrogen and oxygen atoms in total. The van der Waals surface area contributed by atoms with Crippen LogP contribution in [0.1, 0.15) is 9.67 Å². The number of pyridine rings is 1. The number of aromatic nitrogens is 1. The molecule has 2 aromatic rings. The number of isocyanates is 1. The Balaban J connectivity index is 2.77. The number of thiophene rings is 1. The third kappa shape index (κ3) is 1.60. The number of ether oxygens (including phenoxy) is 1.